The third-order valence-corrected chi connectivity index (χ3v) is 2.53. The second kappa shape index (κ2) is 4.53. The summed E-state index contributed by atoms with van der Waals surface area (Å²) in [5, 5.41) is 9.98. The van der Waals surface area contributed by atoms with Crippen LogP contribution < -0.4 is 5.73 Å². The van der Waals surface area contributed by atoms with E-state index < -0.39 is 6.10 Å². The fourth-order valence-electron chi connectivity index (χ4n) is 1.36. The number of aliphatic hydroxyl groups excluding tert-OH is 1. The smallest absolute Gasteiger partial charge is 0.0960 e. The molecule has 0 radical (unpaired) electrons. The van der Waals surface area contributed by atoms with E-state index in [4.69, 9.17) is 5.73 Å². The summed E-state index contributed by atoms with van der Waals surface area (Å²) in [6.07, 6.45) is 2.78. The molecule has 0 aliphatic rings. The molecule has 14 heavy (non-hydrogen) atoms. The maximum Gasteiger partial charge on any atom is 0.0960 e. The number of hydrogen-bond donors (Lipinski definition) is 2. The van der Waals surface area contributed by atoms with E-state index in [0.717, 1.165) is 11.1 Å². The Balaban J connectivity index is 2.89. The van der Waals surface area contributed by atoms with Gasteiger partial charge in [0.2, 0.25) is 0 Å². The minimum absolute atomic E-state index is 0.238. The number of aliphatic hydroxyl groups is 1. The fourth-order valence-corrected chi connectivity index (χ4v) is 1.36. The molecule has 0 aliphatic carbocycles. The minimum atomic E-state index is -0.622. The van der Waals surface area contributed by atoms with Gasteiger partial charge in [0.25, 0.3) is 0 Å². The fraction of sp³-hybridized carbons (Fsp3) is 0.545. The molecule has 0 fully saturated rings. The molecule has 0 spiro atoms. The average molecular weight is 194 g/mol. The highest BCUT2D eigenvalue weighted by Crippen LogP contribution is 2.21. The molecule has 0 bridgehead atoms. The van der Waals surface area contributed by atoms with Gasteiger partial charge in [0.05, 0.1) is 6.10 Å². The van der Waals surface area contributed by atoms with Gasteiger partial charge in [-0.05, 0) is 24.5 Å². The van der Waals surface area contributed by atoms with Crippen LogP contribution in [0.25, 0.3) is 0 Å². The Morgan fingerprint density at radius 3 is 2.57 bits per heavy atom. The number of rotatable bonds is 3. The van der Waals surface area contributed by atoms with Gasteiger partial charge in [-0.25, -0.2) is 0 Å². The Morgan fingerprint density at radius 1 is 1.43 bits per heavy atom. The molecule has 1 heterocycles. The number of aromatic nitrogens is 1. The topological polar surface area (TPSA) is 59.1 Å². The molecule has 3 N–H and O–H groups in total. The highest BCUT2D eigenvalue weighted by molar-refractivity contribution is 5.24. The molecule has 0 aliphatic heterocycles. The molecule has 78 valence electrons. The zero-order valence-electron chi connectivity index (χ0n) is 8.94. The molecule has 0 aromatic carbocycles. The molecular formula is C11H18N2O. The second-order valence-corrected chi connectivity index (χ2v) is 4.00. The monoisotopic (exact) mass is 194 g/mol. The minimum Gasteiger partial charge on any atom is -0.387 e. The van der Waals surface area contributed by atoms with Gasteiger partial charge in [-0.2, -0.15) is 0 Å². The summed E-state index contributed by atoms with van der Waals surface area (Å²) >= 11 is 0. The zero-order valence-corrected chi connectivity index (χ0v) is 8.94. The van der Waals surface area contributed by atoms with Gasteiger partial charge >= 0.3 is 0 Å². The van der Waals surface area contributed by atoms with Gasteiger partial charge in [0.15, 0.2) is 0 Å². The number of nitrogens with two attached hydrogens (primary N) is 1. The quantitative estimate of drug-likeness (QED) is 0.764. The van der Waals surface area contributed by atoms with Crippen LogP contribution >= 0.6 is 0 Å². The average Bonchev–Trinajstić information content (AvgIpc) is 2.16. The number of aryl methyl sites for hydroxylation is 1. The zero-order chi connectivity index (χ0) is 10.7. The summed E-state index contributed by atoms with van der Waals surface area (Å²) in [5.74, 6) is 0.254. The van der Waals surface area contributed by atoms with E-state index >= 15 is 0 Å². The van der Waals surface area contributed by atoms with Gasteiger partial charge in [0.1, 0.15) is 0 Å². The highest BCUT2D eigenvalue weighted by Gasteiger charge is 2.21. The lowest BCUT2D eigenvalue weighted by Crippen LogP contribution is -2.33. The normalized spacial score (nSPS) is 15.6. The first-order valence-electron chi connectivity index (χ1n) is 4.88. The van der Waals surface area contributed by atoms with Crippen molar-refractivity contribution in [3.05, 3.63) is 29.6 Å². The van der Waals surface area contributed by atoms with Crippen LogP contribution in [0.1, 0.15) is 31.1 Å². The van der Waals surface area contributed by atoms with E-state index in [1.165, 1.54) is 0 Å². The van der Waals surface area contributed by atoms with Gasteiger partial charge in [0, 0.05) is 24.0 Å². The predicted octanol–water partition coefficient (Wildman–Crippen LogP) is 1.41. The molecule has 0 saturated heterocycles. The standard InChI is InChI=1S/C11H18N2O/c1-7(2)10(12)11(14)9-6-13-5-4-8(9)3/h4-7,10-11,14H,12H2,1-3H3. The summed E-state index contributed by atoms with van der Waals surface area (Å²) in [4.78, 5) is 3.99. The van der Waals surface area contributed by atoms with Gasteiger partial charge in [-0.3, -0.25) is 4.98 Å². The van der Waals surface area contributed by atoms with Crippen molar-refractivity contribution in [2.45, 2.75) is 32.9 Å². The number of hydrogen-bond acceptors (Lipinski definition) is 3. The van der Waals surface area contributed by atoms with Crippen LogP contribution in [0, 0.1) is 12.8 Å². The lowest BCUT2D eigenvalue weighted by molar-refractivity contribution is 0.125. The first-order valence-corrected chi connectivity index (χ1v) is 4.88. The van der Waals surface area contributed by atoms with Crippen molar-refractivity contribution in [2.24, 2.45) is 11.7 Å². The molecule has 0 amide bonds. The lowest BCUT2D eigenvalue weighted by atomic mass is 9.93. The van der Waals surface area contributed by atoms with E-state index in [1.54, 1.807) is 12.4 Å². The first kappa shape index (κ1) is 11.1. The molecule has 3 heteroatoms. The van der Waals surface area contributed by atoms with Crippen molar-refractivity contribution in [3.8, 4) is 0 Å². The van der Waals surface area contributed by atoms with Gasteiger partial charge in [-0.15, -0.1) is 0 Å². The van der Waals surface area contributed by atoms with E-state index in [1.807, 2.05) is 26.8 Å². The molecule has 1 aromatic heterocycles. The predicted molar refractivity (Wildman–Crippen MR) is 56.7 cm³/mol. The lowest BCUT2D eigenvalue weighted by Gasteiger charge is -2.23. The van der Waals surface area contributed by atoms with Crippen LogP contribution in [0.2, 0.25) is 0 Å². The third kappa shape index (κ3) is 2.30. The van der Waals surface area contributed by atoms with E-state index in [9.17, 15) is 5.11 Å². The maximum atomic E-state index is 9.98. The van der Waals surface area contributed by atoms with Crippen molar-refractivity contribution in [1.82, 2.24) is 4.98 Å². The second-order valence-electron chi connectivity index (χ2n) is 4.00. The first-order chi connectivity index (χ1) is 6.54. The van der Waals surface area contributed by atoms with Crippen LogP contribution in [-0.2, 0) is 0 Å². The van der Waals surface area contributed by atoms with Crippen molar-refractivity contribution in [1.29, 1.82) is 0 Å². The summed E-state index contributed by atoms with van der Waals surface area (Å²) < 4.78 is 0. The van der Waals surface area contributed by atoms with E-state index in [2.05, 4.69) is 4.98 Å². The van der Waals surface area contributed by atoms with E-state index in [0.29, 0.717) is 0 Å². The van der Waals surface area contributed by atoms with Gasteiger partial charge in [-0.1, -0.05) is 13.8 Å². The molecule has 0 saturated carbocycles. The summed E-state index contributed by atoms with van der Waals surface area (Å²) in [7, 11) is 0. The third-order valence-electron chi connectivity index (χ3n) is 2.53. The van der Waals surface area contributed by atoms with Crippen molar-refractivity contribution >= 4 is 0 Å². The Kier molecular flexibility index (Phi) is 3.61. The van der Waals surface area contributed by atoms with Crippen LogP contribution in [0.4, 0.5) is 0 Å². The Morgan fingerprint density at radius 2 is 2.07 bits per heavy atom. The molecular weight excluding hydrogens is 176 g/mol. The largest absolute Gasteiger partial charge is 0.387 e. The Bertz CT molecular complexity index is 299. The van der Waals surface area contributed by atoms with Crippen LogP contribution in [-0.4, -0.2) is 16.1 Å². The van der Waals surface area contributed by atoms with Crippen molar-refractivity contribution < 1.29 is 5.11 Å². The van der Waals surface area contributed by atoms with Gasteiger partial charge < -0.3 is 10.8 Å². The molecule has 3 nitrogen and oxygen atoms in total. The van der Waals surface area contributed by atoms with E-state index in [-0.39, 0.29) is 12.0 Å². The molecule has 2 unspecified atom stereocenters. The summed E-state index contributed by atoms with van der Waals surface area (Å²) in [5.41, 5.74) is 7.74. The Labute approximate surface area is 85.0 Å². The van der Waals surface area contributed by atoms with Crippen LogP contribution in [0.5, 0.6) is 0 Å². The Hall–Kier alpha value is -0.930. The summed E-state index contributed by atoms with van der Waals surface area (Å²) in [6.45, 7) is 5.95. The maximum absolute atomic E-state index is 9.98. The van der Waals surface area contributed by atoms with Crippen molar-refractivity contribution in [3.63, 3.8) is 0 Å². The number of pyridine rings is 1. The molecule has 2 atom stereocenters. The summed E-state index contributed by atoms with van der Waals surface area (Å²) in [6, 6.07) is 1.64. The van der Waals surface area contributed by atoms with Crippen molar-refractivity contribution in [2.75, 3.05) is 0 Å². The molecule has 1 rings (SSSR count). The SMILES string of the molecule is Cc1ccncc1C(O)C(N)C(C)C. The highest BCUT2D eigenvalue weighted by atomic mass is 16.3. The number of nitrogens with zero attached hydrogens (tertiary/aromatic N) is 1. The van der Waals surface area contributed by atoms with Crippen LogP contribution in [0.15, 0.2) is 18.5 Å². The van der Waals surface area contributed by atoms with Crippen LogP contribution in [0.3, 0.4) is 0 Å². The molecule has 1 aromatic rings.